The Kier molecular flexibility index (Phi) is 15.1. The molecule has 0 aliphatic rings. The maximum absolute atomic E-state index is 6.66. The summed E-state index contributed by atoms with van der Waals surface area (Å²) in [4.78, 5) is 28.5. The Labute approximate surface area is 518 Å². The highest BCUT2D eigenvalue weighted by atomic mass is 16.4. The van der Waals surface area contributed by atoms with Gasteiger partial charge in [0.1, 0.15) is 22.8 Å². The fourth-order valence-electron chi connectivity index (χ4n) is 12.3. The van der Waals surface area contributed by atoms with Crippen molar-refractivity contribution in [1.29, 1.82) is 0 Å². The molecule has 0 aliphatic heterocycles. The van der Waals surface area contributed by atoms with Gasteiger partial charge >= 0.3 is 0 Å². The van der Waals surface area contributed by atoms with Gasteiger partial charge in [0.05, 0.1) is 22.7 Å². The molecule has 12 aromatic rings. The average molecular weight is 1170 g/mol. The second-order valence-corrected chi connectivity index (χ2v) is 27.3. The highest BCUT2D eigenvalue weighted by molar-refractivity contribution is 6.33. The van der Waals surface area contributed by atoms with Crippen molar-refractivity contribution in [2.24, 2.45) is 0 Å². The molecule has 0 spiro atoms. The smallest absolute Gasteiger partial charge is 0.228 e. The molecule has 0 amide bonds. The molecule has 0 aliphatic carbocycles. The summed E-state index contributed by atoms with van der Waals surface area (Å²) in [5.41, 5.74) is 15.0. The molecule has 0 fully saturated rings. The van der Waals surface area contributed by atoms with Gasteiger partial charge in [0.2, 0.25) is 23.5 Å². The molecule has 0 saturated carbocycles. The first kappa shape index (κ1) is 59.2. The van der Waals surface area contributed by atoms with E-state index >= 15 is 0 Å². The van der Waals surface area contributed by atoms with Crippen LogP contribution in [0.1, 0.15) is 156 Å². The lowest BCUT2D eigenvalue weighted by Crippen LogP contribution is -2.18. The topological polar surface area (TPSA) is 117 Å². The number of hydrogen-bond donors (Lipinski definition) is 0. The van der Waals surface area contributed by atoms with Crippen molar-refractivity contribution < 1.29 is 17.7 Å². The van der Waals surface area contributed by atoms with Crippen LogP contribution in [0.5, 0.6) is 0 Å². The summed E-state index contributed by atoms with van der Waals surface area (Å²) >= 11 is 0. The monoisotopic (exact) mass is 1170 g/mol. The molecule has 0 N–H and O–H groups in total. The van der Waals surface area contributed by atoms with Crippen molar-refractivity contribution in [2.45, 2.75) is 158 Å². The quantitative estimate of drug-likeness (QED) is 0.0858. The van der Waals surface area contributed by atoms with Crippen LogP contribution in [-0.2, 0) is 47.3 Å². The molecule has 0 atom stereocenters. The van der Waals surface area contributed by atoms with E-state index in [-0.39, 0.29) is 21.7 Å². The second-order valence-electron chi connectivity index (χ2n) is 27.3. The highest BCUT2D eigenvalue weighted by Gasteiger charge is 2.34. The van der Waals surface area contributed by atoms with Crippen LogP contribution in [0.25, 0.3) is 32.3 Å². The summed E-state index contributed by atoms with van der Waals surface area (Å²) in [6.07, 6.45) is 8.83. The fourth-order valence-corrected chi connectivity index (χ4v) is 12.3. The first-order chi connectivity index (χ1) is 42.0. The number of benzene rings is 8. The fraction of sp³-hybridized carbons (Fsp3) is 0.316. The minimum atomic E-state index is -0.0882. The maximum Gasteiger partial charge on any atom is 0.228 e. The van der Waals surface area contributed by atoms with Gasteiger partial charge in [-0.05, 0) is 130 Å². The second kappa shape index (κ2) is 22.5. The largest absolute Gasteiger partial charge is 0.427 e. The van der Waals surface area contributed by atoms with E-state index in [2.05, 4.69) is 264 Å². The van der Waals surface area contributed by atoms with Crippen molar-refractivity contribution in [2.75, 3.05) is 19.6 Å². The minimum Gasteiger partial charge on any atom is -0.427 e. The van der Waals surface area contributed by atoms with Crippen LogP contribution in [0.3, 0.4) is 0 Å². The molecular weight excluding hydrogens is 1090 g/mol. The van der Waals surface area contributed by atoms with Gasteiger partial charge in [-0.2, -0.15) is 0 Å². The third kappa shape index (κ3) is 10.5. The molecule has 0 bridgehead atoms. The summed E-state index contributed by atoms with van der Waals surface area (Å²) in [6, 6.07) is 49.3. The molecule has 12 rings (SSSR count). The van der Waals surface area contributed by atoms with Crippen LogP contribution < -0.4 is 19.6 Å². The first-order valence-corrected chi connectivity index (χ1v) is 31.1. The van der Waals surface area contributed by atoms with Crippen molar-refractivity contribution in [3.8, 4) is 0 Å². The van der Waals surface area contributed by atoms with Gasteiger partial charge in [0.25, 0.3) is 0 Å². The summed E-state index contributed by atoms with van der Waals surface area (Å²) in [6.45, 7) is 35.5. The van der Waals surface area contributed by atoms with E-state index in [1.807, 2.05) is 0 Å². The normalized spacial score (nSPS) is 12.5. The number of aromatic nitrogens is 4. The van der Waals surface area contributed by atoms with E-state index < -0.39 is 0 Å². The highest BCUT2D eigenvalue weighted by Crippen LogP contribution is 2.56. The van der Waals surface area contributed by atoms with Crippen LogP contribution in [0.15, 0.2) is 177 Å². The van der Waals surface area contributed by atoms with Crippen LogP contribution in [0, 0.1) is 0 Å². The maximum atomic E-state index is 6.66. The molecule has 12 heteroatoms. The molecule has 0 saturated heterocycles. The summed E-state index contributed by atoms with van der Waals surface area (Å²) < 4.78 is 26.7. The molecule has 4 heterocycles. The van der Waals surface area contributed by atoms with Crippen molar-refractivity contribution in [3.05, 3.63) is 204 Å². The lowest BCUT2D eigenvalue weighted by atomic mass is 9.86. The van der Waals surface area contributed by atoms with Gasteiger partial charge < -0.3 is 17.7 Å². The Bertz CT molecular complexity index is 3860. The van der Waals surface area contributed by atoms with Gasteiger partial charge in [0.15, 0.2) is 25.6 Å². The third-order valence-electron chi connectivity index (χ3n) is 17.4. The van der Waals surface area contributed by atoms with Gasteiger partial charge in [-0.25, -0.2) is 19.9 Å². The number of hydrogen-bond acceptors (Lipinski definition) is 12. The van der Waals surface area contributed by atoms with E-state index in [4.69, 9.17) is 37.6 Å². The molecular formula is C76H82N8O4. The molecule has 88 heavy (non-hydrogen) atoms. The average Bonchev–Trinajstić information content (AvgIpc) is 0.900. The zero-order chi connectivity index (χ0) is 62.2. The Morgan fingerprint density at radius 3 is 0.648 bits per heavy atom. The Morgan fingerprint density at radius 2 is 0.477 bits per heavy atom. The molecule has 0 unspecified atom stereocenters. The van der Waals surface area contributed by atoms with Crippen LogP contribution in [0.4, 0.5) is 69.0 Å². The zero-order valence-electron chi connectivity index (χ0n) is 54.1. The summed E-state index contributed by atoms with van der Waals surface area (Å²) in [7, 11) is 0. The third-order valence-corrected chi connectivity index (χ3v) is 17.4. The number of nitrogens with zero attached hydrogens (tertiary/aromatic N) is 8. The van der Waals surface area contributed by atoms with Crippen LogP contribution in [0.2, 0.25) is 0 Å². The standard InChI is InChI=1S/C76H82N8O4/c1-17-59-69(85-43-77-59)81(51-29-21-47(22-30-51)73(5,6)7)63-41-64(82(70-60(18-2)78-44-86-70)52-31-23-48(24-32-52)74(8,9)10)56-39-40-58-66(84(72-62(20-4)80-46-88-72)54-35-27-50(28-36-54)76(14,15)16)42-65(57-38-37-55(63)67(56)68(57)58)83(71-61(19-3)79-45-87-71)53-33-25-49(26-34-53)75(11,12)13/h21-46H,17-20H2,1-16H3. The van der Waals surface area contributed by atoms with E-state index in [1.165, 1.54) is 22.3 Å². The van der Waals surface area contributed by atoms with E-state index in [0.29, 0.717) is 49.2 Å². The van der Waals surface area contributed by atoms with Gasteiger partial charge in [0, 0.05) is 55.1 Å². The van der Waals surface area contributed by atoms with Gasteiger partial charge in [-0.3, -0.25) is 19.6 Å². The Balaban J connectivity index is 1.29. The zero-order valence-corrected chi connectivity index (χ0v) is 54.1. The van der Waals surface area contributed by atoms with Crippen molar-refractivity contribution >= 4 is 101 Å². The van der Waals surface area contributed by atoms with Crippen molar-refractivity contribution in [3.63, 3.8) is 0 Å². The Morgan fingerprint density at radius 1 is 0.284 bits per heavy atom. The number of aryl methyl sites for hydroxylation is 4. The Hall–Kier alpha value is -9.16. The summed E-state index contributed by atoms with van der Waals surface area (Å²) in [5.74, 6) is 2.53. The molecule has 8 aromatic carbocycles. The van der Waals surface area contributed by atoms with Crippen LogP contribution >= 0.6 is 0 Å². The summed E-state index contributed by atoms with van der Waals surface area (Å²) in [5, 5.41) is 5.97. The molecule has 12 nitrogen and oxygen atoms in total. The lowest BCUT2D eigenvalue weighted by Gasteiger charge is -2.33. The molecule has 450 valence electrons. The van der Waals surface area contributed by atoms with E-state index in [9.17, 15) is 0 Å². The first-order valence-electron chi connectivity index (χ1n) is 31.1. The van der Waals surface area contributed by atoms with E-state index in [0.717, 1.165) is 101 Å². The van der Waals surface area contributed by atoms with Crippen molar-refractivity contribution in [1.82, 2.24) is 19.9 Å². The molecule has 4 aromatic heterocycles. The van der Waals surface area contributed by atoms with E-state index in [1.54, 1.807) is 25.6 Å². The molecule has 0 radical (unpaired) electrons. The lowest BCUT2D eigenvalue weighted by molar-refractivity contribution is 0.562. The number of anilines is 12. The van der Waals surface area contributed by atoms with Gasteiger partial charge in [-0.1, -0.05) is 184 Å². The predicted molar refractivity (Wildman–Crippen MR) is 361 cm³/mol. The predicted octanol–water partition coefficient (Wildman–Crippen LogP) is 21.9. The number of rotatable bonds is 16. The minimum absolute atomic E-state index is 0.0882. The van der Waals surface area contributed by atoms with Crippen LogP contribution in [-0.4, -0.2) is 19.9 Å². The SMILES string of the molecule is CCc1ncoc1N(c1ccc(C(C)(C)C)cc1)c1cc(N(c2ccc(C(C)(C)C)cc2)c2ocnc2CC)c2ccc3c(N(c4ccc(C(C)(C)C)cc4)c4ocnc4CC)cc(N(c4ccc(C(C)(C)C)cc4)c4ocnc4CC)c4ccc1c2c43. The van der Waals surface area contributed by atoms with Gasteiger partial charge in [-0.15, -0.1) is 0 Å². The number of oxazole rings is 4.